The van der Waals surface area contributed by atoms with E-state index in [1.165, 1.54) is 6.42 Å². The van der Waals surface area contributed by atoms with Gasteiger partial charge in [0.2, 0.25) is 0 Å². The quantitative estimate of drug-likeness (QED) is 0.840. The van der Waals surface area contributed by atoms with Crippen LogP contribution in [-0.2, 0) is 5.54 Å². The molecule has 0 heterocycles. The summed E-state index contributed by atoms with van der Waals surface area (Å²) in [6.07, 6.45) is 3.22. The summed E-state index contributed by atoms with van der Waals surface area (Å²) in [6, 6.07) is 3.92. The molecule has 0 unspecified atom stereocenters. The number of methoxy groups -OCH3 is 1. The first kappa shape index (κ1) is 10.8. The molecule has 0 radical (unpaired) electrons. The average molecular weight is 226 g/mol. The highest BCUT2D eigenvalue weighted by Crippen LogP contribution is 2.44. The van der Waals surface area contributed by atoms with Crippen LogP contribution in [0.4, 0.5) is 0 Å². The number of aryl methyl sites for hydroxylation is 1. The van der Waals surface area contributed by atoms with E-state index in [1.54, 1.807) is 7.11 Å². The lowest BCUT2D eigenvalue weighted by atomic mass is 9.72. The molecule has 1 fully saturated rings. The van der Waals surface area contributed by atoms with E-state index in [2.05, 4.69) is 0 Å². The van der Waals surface area contributed by atoms with Crippen LogP contribution in [0.15, 0.2) is 12.1 Å². The van der Waals surface area contributed by atoms with Gasteiger partial charge < -0.3 is 10.5 Å². The predicted molar refractivity (Wildman–Crippen MR) is 62.5 cm³/mol. The molecule has 0 aliphatic heterocycles. The first-order chi connectivity index (χ1) is 7.07. The van der Waals surface area contributed by atoms with Gasteiger partial charge in [-0.05, 0) is 43.9 Å². The zero-order valence-corrected chi connectivity index (χ0v) is 9.90. The highest BCUT2D eigenvalue weighted by Gasteiger charge is 2.37. The van der Waals surface area contributed by atoms with Gasteiger partial charge in [0.15, 0.2) is 0 Å². The molecule has 1 aromatic carbocycles. The molecule has 2 nitrogen and oxygen atoms in total. The van der Waals surface area contributed by atoms with E-state index in [-0.39, 0.29) is 5.54 Å². The summed E-state index contributed by atoms with van der Waals surface area (Å²) in [5, 5.41) is 0.766. The van der Waals surface area contributed by atoms with E-state index < -0.39 is 0 Å². The highest BCUT2D eigenvalue weighted by atomic mass is 35.5. The smallest absolute Gasteiger partial charge is 0.124 e. The van der Waals surface area contributed by atoms with Crippen LogP contribution in [0, 0.1) is 6.92 Å². The lowest BCUT2D eigenvalue weighted by molar-refractivity contribution is 0.244. The summed E-state index contributed by atoms with van der Waals surface area (Å²) < 4.78 is 5.36. The lowest BCUT2D eigenvalue weighted by Crippen LogP contribution is -2.43. The highest BCUT2D eigenvalue weighted by molar-refractivity contribution is 6.31. The standard InChI is InChI=1S/C12H16ClNO/c1-8-6-11(15-2)9(7-10(8)13)12(14)4-3-5-12/h6-7H,3-5,14H2,1-2H3. The van der Waals surface area contributed by atoms with Crippen molar-refractivity contribution in [3.63, 3.8) is 0 Å². The molecular formula is C12H16ClNO. The second kappa shape index (κ2) is 3.69. The molecule has 1 saturated carbocycles. The molecule has 82 valence electrons. The van der Waals surface area contributed by atoms with Gasteiger partial charge in [0.05, 0.1) is 7.11 Å². The predicted octanol–water partition coefficient (Wildman–Crippen LogP) is 2.99. The SMILES string of the molecule is COc1cc(C)c(Cl)cc1C1(N)CCC1. The average Bonchev–Trinajstić information content (AvgIpc) is 2.18. The molecule has 2 N–H and O–H groups in total. The molecule has 0 saturated heterocycles. The van der Waals surface area contributed by atoms with E-state index in [0.717, 1.165) is 34.7 Å². The summed E-state index contributed by atoms with van der Waals surface area (Å²) in [5.41, 5.74) is 8.14. The van der Waals surface area contributed by atoms with Gasteiger partial charge in [-0.2, -0.15) is 0 Å². The first-order valence-corrected chi connectivity index (χ1v) is 5.58. The number of benzene rings is 1. The van der Waals surface area contributed by atoms with Gasteiger partial charge >= 0.3 is 0 Å². The molecular weight excluding hydrogens is 210 g/mol. The fourth-order valence-electron chi connectivity index (χ4n) is 2.04. The van der Waals surface area contributed by atoms with E-state index in [9.17, 15) is 0 Å². The Labute approximate surface area is 95.4 Å². The van der Waals surface area contributed by atoms with Crippen molar-refractivity contribution in [2.45, 2.75) is 31.7 Å². The molecule has 1 aromatic rings. The zero-order valence-electron chi connectivity index (χ0n) is 9.14. The van der Waals surface area contributed by atoms with Crippen LogP contribution in [0.3, 0.4) is 0 Å². The maximum atomic E-state index is 6.28. The van der Waals surface area contributed by atoms with E-state index >= 15 is 0 Å². The number of rotatable bonds is 2. The fourth-order valence-corrected chi connectivity index (χ4v) is 2.20. The van der Waals surface area contributed by atoms with Gasteiger partial charge in [0.1, 0.15) is 5.75 Å². The van der Waals surface area contributed by atoms with Crippen LogP contribution in [0.2, 0.25) is 5.02 Å². The van der Waals surface area contributed by atoms with Crippen molar-refractivity contribution < 1.29 is 4.74 Å². The Morgan fingerprint density at radius 1 is 1.40 bits per heavy atom. The number of hydrogen-bond acceptors (Lipinski definition) is 2. The summed E-state index contributed by atoms with van der Waals surface area (Å²) in [5.74, 6) is 0.860. The van der Waals surface area contributed by atoms with Crippen LogP contribution in [0.5, 0.6) is 5.75 Å². The molecule has 0 amide bonds. The summed E-state index contributed by atoms with van der Waals surface area (Å²) in [6.45, 7) is 1.97. The third kappa shape index (κ3) is 1.72. The topological polar surface area (TPSA) is 35.2 Å². The minimum Gasteiger partial charge on any atom is -0.496 e. The van der Waals surface area contributed by atoms with Gasteiger partial charge in [0.25, 0.3) is 0 Å². The first-order valence-electron chi connectivity index (χ1n) is 5.20. The normalized spacial score (nSPS) is 18.4. The number of nitrogens with two attached hydrogens (primary N) is 1. The minimum atomic E-state index is -0.220. The van der Waals surface area contributed by atoms with Crippen LogP contribution in [0.1, 0.15) is 30.4 Å². The Morgan fingerprint density at radius 3 is 2.53 bits per heavy atom. The molecule has 0 spiro atoms. The second-order valence-electron chi connectivity index (χ2n) is 4.31. The van der Waals surface area contributed by atoms with E-state index in [1.807, 2.05) is 19.1 Å². The van der Waals surface area contributed by atoms with Crippen molar-refractivity contribution in [3.8, 4) is 5.75 Å². The van der Waals surface area contributed by atoms with Crippen molar-refractivity contribution in [1.82, 2.24) is 0 Å². The zero-order chi connectivity index (χ0) is 11.1. The van der Waals surface area contributed by atoms with E-state index in [0.29, 0.717) is 0 Å². The Hall–Kier alpha value is -0.730. The Bertz CT molecular complexity index is 385. The lowest BCUT2D eigenvalue weighted by Gasteiger charge is -2.39. The number of ether oxygens (including phenoxy) is 1. The molecule has 0 bridgehead atoms. The third-order valence-electron chi connectivity index (χ3n) is 3.26. The maximum Gasteiger partial charge on any atom is 0.124 e. The van der Waals surface area contributed by atoms with Crippen molar-refractivity contribution in [3.05, 3.63) is 28.3 Å². The Morgan fingerprint density at radius 2 is 2.07 bits per heavy atom. The molecule has 3 heteroatoms. The maximum absolute atomic E-state index is 6.28. The summed E-state index contributed by atoms with van der Waals surface area (Å²) in [7, 11) is 1.67. The van der Waals surface area contributed by atoms with Crippen molar-refractivity contribution in [2.75, 3.05) is 7.11 Å². The molecule has 0 atom stereocenters. The van der Waals surface area contributed by atoms with Crippen LogP contribution >= 0.6 is 11.6 Å². The van der Waals surface area contributed by atoms with Gasteiger partial charge in [-0.25, -0.2) is 0 Å². The van der Waals surface area contributed by atoms with Gasteiger partial charge in [0, 0.05) is 16.1 Å². The molecule has 2 rings (SSSR count). The number of halogens is 1. The molecule has 0 aromatic heterocycles. The largest absolute Gasteiger partial charge is 0.496 e. The minimum absolute atomic E-state index is 0.220. The third-order valence-corrected chi connectivity index (χ3v) is 3.67. The van der Waals surface area contributed by atoms with Gasteiger partial charge in [-0.15, -0.1) is 0 Å². The monoisotopic (exact) mass is 225 g/mol. The van der Waals surface area contributed by atoms with Crippen molar-refractivity contribution in [1.29, 1.82) is 0 Å². The van der Waals surface area contributed by atoms with Gasteiger partial charge in [-0.1, -0.05) is 11.6 Å². The Balaban J connectivity index is 2.49. The Kier molecular flexibility index (Phi) is 2.65. The van der Waals surface area contributed by atoms with Gasteiger partial charge in [-0.3, -0.25) is 0 Å². The van der Waals surface area contributed by atoms with Crippen LogP contribution < -0.4 is 10.5 Å². The second-order valence-corrected chi connectivity index (χ2v) is 4.72. The molecule has 1 aliphatic rings. The summed E-state index contributed by atoms with van der Waals surface area (Å²) >= 11 is 6.12. The fraction of sp³-hybridized carbons (Fsp3) is 0.500. The molecule has 15 heavy (non-hydrogen) atoms. The van der Waals surface area contributed by atoms with Crippen molar-refractivity contribution in [2.24, 2.45) is 5.73 Å². The van der Waals surface area contributed by atoms with Crippen LogP contribution in [0.25, 0.3) is 0 Å². The summed E-state index contributed by atoms with van der Waals surface area (Å²) in [4.78, 5) is 0. The van der Waals surface area contributed by atoms with E-state index in [4.69, 9.17) is 22.1 Å². The van der Waals surface area contributed by atoms with Crippen LogP contribution in [-0.4, -0.2) is 7.11 Å². The van der Waals surface area contributed by atoms with Crippen molar-refractivity contribution >= 4 is 11.6 Å². The molecule has 1 aliphatic carbocycles. The number of hydrogen-bond donors (Lipinski definition) is 1.